The lowest BCUT2D eigenvalue weighted by atomic mass is 9.88. The molecular weight excluding hydrogens is 452 g/mol. The summed E-state index contributed by atoms with van der Waals surface area (Å²) in [6.45, 7) is 0.459. The van der Waals surface area contributed by atoms with E-state index in [-0.39, 0.29) is 16.6 Å². The molecule has 168 valence electrons. The Balaban J connectivity index is 1.47. The molecule has 0 aliphatic heterocycles. The maximum Gasteiger partial charge on any atom is 0.258 e. The zero-order valence-electron chi connectivity index (χ0n) is 17.4. The number of rotatable bonds is 8. The van der Waals surface area contributed by atoms with Gasteiger partial charge in [-0.3, -0.25) is 9.52 Å². The topological polar surface area (TPSA) is 102 Å². The molecule has 4 rings (SSSR count). The van der Waals surface area contributed by atoms with Gasteiger partial charge in [-0.1, -0.05) is 41.9 Å². The van der Waals surface area contributed by atoms with Crippen molar-refractivity contribution in [2.45, 2.75) is 31.6 Å². The van der Waals surface area contributed by atoms with Gasteiger partial charge < -0.3 is 10.1 Å². The average Bonchev–Trinajstić information content (AvgIpc) is 3.17. The number of carbonyl (C=O) groups excluding carboxylic acids is 1. The Morgan fingerprint density at radius 1 is 1.19 bits per heavy atom. The van der Waals surface area contributed by atoms with Crippen molar-refractivity contribution < 1.29 is 17.9 Å². The van der Waals surface area contributed by atoms with E-state index in [9.17, 15) is 13.2 Å². The van der Waals surface area contributed by atoms with Crippen LogP contribution in [0.2, 0.25) is 5.02 Å². The van der Waals surface area contributed by atoms with Crippen LogP contribution in [-0.2, 0) is 27.1 Å². The van der Waals surface area contributed by atoms with Gasteiger partial charge in [0.25, 0.3) is 5.91 Å². The van der Waals surface area contributed by atoms with Gasteiger partial charge >= 0.3 is 0 Å². The molecule has 0 atom stereocenters. The third kappa shape index (κ3) is 5.29. The number of halogens is 1. The van der Waals surface area contributed by atoms with Gasteiger partial charge in [-0.15, -0.1) is 0 Å². The van der Waals surface area contributed by atoms with Crippen molar-refractivity contribution in [3.63, 3.8) is 0 Å². The second kappa shape index (κ2) is 8.93. The second-order valence-electron chi connectivity index (χ2n) is 7.80. The van der Waals surface area contributed by atoms with E-state index in [1.165, 1.54) is 24.4 Å². The fourth-order valence-corrected chi connectivity index (χ4v) is 4.29. The summed E-state index contributed by atoms with van der Waals surface area (Å²) in [6.07, 6.45) is 6.85. The van der Waals surface area contributed by atoms with Crippen molar-refractivity contribution in [1.82, 2.24) is 9.78 Å². The van der Waals surface area contributed by atoms with E-state index in [0.717, 1.165) is 31.1 Å². The lowest BCUT2D eigenvalue weighted by molar-refractivity contribution is -0.177. The number of ether oxygens (including phenoxy) is 1. The Hall–Kier alpha value is -2.88. The van der Waals surface area contributed by atoms with Crippen LogP contribution in [0.25, 0.3) is 0 Å². The number of benzene rings is 2. The van der Waals surface area contributed by atoms with Crippen LogP contribution >= 0.6 is 11.6 Å². The summed E-state index contributed by atoms with van der Waals surface area (Å²) >= 11 is 6.06. The summed E-state index contributed by atoms with van der Waals surface area (Å²) < 4.78 is 33.2. The fraction of sp³-hybridized carbons (Fsp3) is 0.273. The Morgan fingerprint density at radius 2 is 1.91 bits per heavy atom. The molecule has 8 nitrogen and oxygen atoms in total. The van der Waals surface area contributed by atoms with Crippen molar-refractivity contribution >= 4 is 38.9 Å². The quantitative estimate of drug-likeness (QED) is 0.509. The standard InChI is InChI=1S/C22H23ClN4O4S/c1-32(29,30)26-20-11-18(23)10-19(12-20)25-21(28)17-13-24-27(14-17)22(8-5-9-22)31-15-16-6-3-2-4-7-16/h2-4,6-7,10-14,26H,5,8-9,15H2,1H3,(H,25,28). The molecule has 32 heavy (non-hydrogen) atoms. The van der Waals surface area contributed by atoms with Crippen LogP contribution in [0.15, 0.2) is 60.9 Å². The predicted molar refractivity (Wildman–Crippen MR) is 123 cm³/mol. The summed E-state index contributed by atoms with van der Waals surface area (Å²) in [5, 5.41) is 7.40. The predicted octanol–water partition coefficient (Wildman–Crippen LogP) is 4.21. The van der Waals surface area contributed by atoms with Crippen LogP contribution in [0.5, 0.6) is 0 Å². The van der Waals surface area contributed by atoms with E-state index in [2.05, 4.69) is 15.1 Å². The molecule has 2 N–H and O–H groups in total. The minimum absolute atomic E-state index is 0.258. The maximum atomic E-state index is 12.8. The van der Waals surface area contributed by atoms with E-state index in [1.807, 2.05) is 30.3 Å². The zero-order chi connectivity index (χ0) is 22.8. The molecule has 1 aliphatic rings. The number of nitrogens with zero attached hydrogens (tertiary/aromatic N) is 2. The fourth-order valence-electron chi connectivity index (χ4n) is 3.51. The lowest BCUT2D eigenvalue weighted by Gasteiger charge is -2.41. The van der Waals surface area contributed by atoms with Gasteiger partial charge in [0.2, 0.25) is 10.0 Å². The molecule has 1 heterocycles. The lowest BCUT2D eigenvalue weighted by Crippen LogP contribution is -2.43. The summed E-state index contributed by atoms with van der Waals surface area (Å²) in [5.41, 5.74) is 1.49. The molecule has 1 amide bonds. The van der Waals surface area contributed by atoms with Gasteiger partial charge in [0, 0.05) is 16.9 Å². The van der Waals surface area contributed by atoms with Crippen LogP contribution < -0.4 is 10.0 Å². The Kier molecular flexibility index (Phi) is 6.23. The molecule has 3 aromatic rings. The summed E-state index contributed by atoms with van der Waals surface area (Å²) in [4.78, 5) is 12.8. The van der Waals surface area contributed by atoms with E-state index < -0.39 is 15.7 Å². The van der Waals surface area contributed by atoms with Crippen LogP contribution in [-0.4, -0.2) is 30.4 Å². The number of anilines is 2. The van der Waals surface area contributed by atoms with Crippen molar-refractivity contribution in [2.24, 2.45) is 0 Å². The molecule has 0 spiro atoms. The minimum Gasteiger partial charge on any atom is -0.349 e. The number of hydrogen-bond donors (Lipinski definition) is 2. The smallest absolute Gasteiger partial charge is 0.258 e. The first kappa shape index (κ1) is 22.3. The molecule has 0 radical (unpaired) electrons. The average molecular weight is 475 g/mol. The first-order valence-electron chi connectivity index (χ1n) is 10.1. The largest absolute Gasteiger partial charge is 0.349 e. The van der Waals surface area contributed by atoms with Crippen LogP contribution in [0.4, 0.5) is 11.4 Å². The van der Waals surface area contributed by atoms with E-state index in [1.54, 1.807) is 10.9 Å². The molecule has 0 unspecified atom stereocenters. The van der Waals surface area contributed by atoms with Crippen molar-refractivity contribution in [1.29, 1.82) is 0 Å². The van der Waals surface area contributed by atoms with Crippen molar-refractivity contribution in [2.75, 3.05) is 16.3 Å². The Labute approximate surface area is 191 Å². The Bertz CT molecular complexity index is 1220. The summed E-state index contributed by atoms with van der Waals surface area (Å²) in [5.74, 6) is -0.388. The summed E-state index contributed by atoms with van der Waals surface area (Å²) in [7, 11) is -3.48. The third-order valence-electron chi connectivity index (χ3n) is 5.21. The molecule has 2 aromatic carbocycles. The molecule has 0 saturated heterocycles. The minimum atomic E-state index is -3.48. The molecule has 1 fully saturated rings. The van der Waals surface area contributed by atoms with Crippen molar-refractivity contribution in [3.8, 4) is 0 Å². The van der Waals surface area contributed by atoms with Gasteiger partial charge in [0.15, 0.2) is 5.72 Å². The van der Waals surface area contributed by atoms with Gasteiger partial charge in [0.05, 0.1) is 30.3 Å². The first-order chi connectivity index (χ1) is 15.2. The number of hydrogen-bond acceptors (Lipinski definition) is 5. The van der Waals surface area contributed by atoms with E-state index in [4.69, 9.17) is 16.3 Å². The normalized spacial score (nSPS) is 15.1. The van der Waals surface area contributed by atoms with Crippen LogP contribution in [0, 0.1) is 0 Å². The Morgan fingerprint density at radius 3 is 2.56 bits per heavy atom. The molecular formula is C22H23ClN4O4S. The molecule has 0 bridgehead atoms. The number of amides is 1. The van der Waals surface area contributed by atoms with Crippen LogP contribution in [0.3, 0.4) is 0 Å². The highest BCUT2D eigenvalue weighted by Gasteiger charge is 2.41. The molecule has 1 saturated carbocycles. The van der Waals surface area contributed by atoms with Crippen LogP contribution in [0.1, 0.15) is 35.2 Å². The number of carbonyl (C=O) groups is 1. The van der Waals surface area contributed by atoms with E-state index >= 15 is 0 Å². The van der Waals surface area contributed by atoms with E-state index in [0.29, 0.717) is 17.9 Å². The van der Waals surface area contributed by atoms with Gasteiger partial charge in [0.1, 0.15) is 0 Å². The highest BCUT2D eigenvalue weighted by atomic mass is 35.5. The van der Waals surface area contributed by atoms with Gasteiger partial charge in [-0.2, -0.15) is 5.10 Å². The molecule has 1 aromatic heterocycles. The highest BCUT2D eigenvalue weighted by molar-refractivity contribution is 7.92. The maximum absolute atomic E-state index is 12.8. The SMILES string of the molecule is CS(=O)(=O)Nc1cc(Cl)cc(NC(=O)c2cnn(C3(OCc4ccccc4)CCC3)c2)c1. The number of sulfonamides is 1. The van der Waals surface area contributed by atoms with Gasteiger partial charge in [-0.05, 0) is 43.0 Å². The number of aromatic nitrogens is 2. The number of nitrogens with one attached hydrogen (secondary N) is 2. The summed E-state index contributed by atoms with van der Waals surface area (Å²) in [6, 6.07) is 14.4. The monoisotopic (exact) mass is 474 g/mol. The van der Waals surface area contributed by atoms with Crippen molar-refractivity contribution in [3.05, 3.63) is 77.1 Å². The third-order valence-corrected chi connectivity index (χ3v) is 6.03. The highest BCUT2D eigenvalue weighted by Crippen LogP contribution is 2.40. The molecule has 10 heteroatoms. The first-order valence-corrected chi connectivity index (χ1v) is 12.3. The second-order valence-corrected chi connectivity index (χ2v) is 9.99. The zero-order valence-corrected chi connectivity index (χ0v) is 19.0. The molecule has 1 aliphatic carbocycles. The van der Waals surface area contributed by atoms with Gasteiger partial charge in [-0.25, -0.2) is 13.1 Å².